The maximum absolute atomic E-state index is 5.40. The first kappa shape index (κ1) is 11.5. The second kappa shape index (κ2) is 4.38. The fraction of sp³-hybridized carbons (Fsp3) is 0.267. The molecule has 0 radical (unpaired) electrons. The lowest BCUT2D eigenvalue weighted by Crippen LogP contribution is -2.23. The molecule has 3 N–H and O–H groups in total. The Morgan fingerprint density at radius 2 is 2.20 bits per heavy atom. The van der Waals surface area contributed by atoms with E-state index in [-0.39, 0.29) is 0 Å². The minimum atomic E-state index is 0.858. The summed E-state index contributed by atoms with van der Waals surface area (Å²) in [5.74, 6) is 0.858. The largest absolute Gasteiger partial charge is 0.495 e. The normalized spacial score (nSPS) is 14.4. The van der Waals surface area contributed by atoms with Crippen molar-refractivity contribution in [1.29, 1.82) is 0 Å². The lowest BCUT2D eigenvalue weighted by Gasteiger charge is -2.13. The molecule has 3 heterocycles. The molecule has 0 unspecified atom stereocenters. The zero-order valence-corrected chi connectivity index (χ0v) is 11.3. The number of aromatic amines is 2. The van der Waals surface area contributed by atoms with E-state index in [4.69, 9.17) is 4.74 Å². The highest BCUT2D eigenvalue weighted by atomic mass is 16.5. The second-order valence-corrected chi connectivity index (χ2v) is 5.04. The molecule has 102 valence electrons. The summed E-state index contributed by atoms with van der Waals surface area (Å²) in [4.78, 5) is 3.24. The quantitative estimate of drug-likeness (QED) is 0.667. The molecular formula is C15H16N4O. The molecule has 0 bridgehead atoms. The van der Waals surface area contributed by atoms with Gasteiger partial charge in [-0.3, -0.25) is 5.10 Å². The molecule has 1 aliphatic rings. The average Bonchev–Trinajstić information content (AvgIpc) is 3.13. The van der Waals surface area contributed by atoms with Crippen LogP contribution in [0.25, 0.3) is 22.2 Å². The molecule has 1 aliphatic heterocycles. The molecule has 0 atom stereocenters. The number of rotatable bonds is 2. The van der Waals surface area contributed by atoms with Gasteiger partial charge in [0.15, 0.2) is 0 Å². The first-order valence-electron chi connectivity index (χ1n) is 6.80. The average molecular weight is 268 g/mol. The zero-order valence-electron chi connectivity index (χ0n) is 11.3. The number of ether oxygens (including phenoxy) is 1. The summed E-state index contributed by atoms with van der Waals surface area (Å²) in [5, 5.41) is 12.3. The van der Waals surface area contributed by atoms with Crippen LogP contribution in [0.3, 0.4) is 0 Å². The standard InChI is InChI=1S/C15H16N4O/c1-20-13-3-2-9(10-4-7-17-15(10)13)14-11-8-16-6-5-12(11)18-19-14/h2-4,7,16-17H,5-6,8H2,1H3,(H,18,19). The van der Waals surface area contributed by atoms with Crippen molar-refractivity contribution in [2.24, 2.45) is 0 Å². The summed E-state index contributed by atoms with van der Waals surface area (Å²) < 4.78 is 5.40. The number of benzene rings is 1. The van der Waals surface area contributed by atoms with Gasteiger partial charge in [0.05, 0.1) is 18.3 Å². The van der Waals surface area contributed by atoms with Crippen LogP contribution in [-0.4, -0.2) is 28.8 Å². The van der Waals surface area contributed by atoms with Gasteiger partial charge in [0.2, 0.25) is 0 Å². The Kier molecular flexibility index (Phi) is 2.53. The monoisotopic (exact) mass is 268 g/mol. The van der Waals surface area contributed by atoms with Gasteiger partial charge in [-0.05, 0) is 18.2 Å². The van der Waals surface area contributed by atoms with E-state index in [1.54, 1.807) is 7.11 Å². The third-order valence-electron chi connectivity index (χ3n) is 3.97. The number of nitrogens with zero attached hydrogens (tertiary/aromatic N) is 1. The lowest BCUT2D eigenvalue weighted by molar-refractivity contribution is 0.419. The van der Waals surface area contributed by atoms with Gasteiger partial charge >= 0.3 is 0 Å². The summed E-state index contributed by atoms with van der Waals surface area (Å²) in [5.41, 5.74) is 5.73. The number of hydrogen-bond donors (Lipinski definition) is 3. The van der Waals surface area contributed by atoms with Crippen LogP contribution in [0.15, 0.2) is 24.4 Å². The van der Waals surface area contributed by atoms with E-state index >= 15 is 0 Å². The number of aromatic nitrogens is 3. The molecule has 2 aromatic heterocycles. The molecule has 3 aromatic rings. The topological polar surface area (TPSA) is 65.7 Å². The van der Waals surface area contributed by atoms with Gasteiger partial charge in [0.1, 0.15) is 5.75 Å². The molecule has 0 spiro atoms. The Labute approximate surface area is 116 Å². The van der Waals surface area contributed by atoms with Crippen molar-refractivity contribution in [2.45, 2.75) is 13.0 Å². The molecule has 4 rings (SSSR count). The number of fused-ring (bicyclic) bond motifs is 2. The number of hydrogen-bond acceptors (Lipinski definition) is 3. The second-order valence-electron chi connectivity index (χ2n) is 5.04. The van der Waals surface area contributed by atoms with Crippen molar-refractivity contribution in [3.63, 3.8) is 0 Å². The highest BCUT2D eigenvalue weighted by molar-refractivity contribution is 5.98. The molecule has 0 aliphatic carbocycles. The first-order chi connectivity index (χ1) is 9.88. The van der Waals surface area contributed by atoms with Crippen molar-refractivity contribution in [1.82, 2.24) is 20.5 Å². The Balaban J connectivity index is 1.95. The van der Waals surface area contributed by atoms with Crippen LogP contribution in [0.1, 0.15) is 11.3 Å². The van der Waals surface area contributed by atoms with Gasteiger partial charge < -0.3 is 15.0 Å². The third kappa shape index (κ3) is 1.56. The van der Waals surface area contributed by atoms with Crippen LogP contribution in [0.2, 0.25) is 0 Å². The van der Waals surface area contributed by atoms with E-state index in [1.807, 2.05) is 12.3 Å². The Bertz CT molecular complexity index is 771. The van der Waals surface area contributed by atoms with Gasteiger partial charge in [0.25, 0.3) is 0 Å². The Morgan fingerprint density at radius 1 is 1.25 bits per heavy atom. The van der Waals surface area contributed by atoms with Gasteiger partial charge in [-0.1, -0.05) is 0 Å². The fourth-order valence-electron chi connectivity index (χ4n) is 2.95. The summed E-state index contributed by atoms with van der Waals surface area (Å²) in [6.45, 7) is 1.88. The van der Waals surface area contributed by atoms with E-state index in [0.29, 0.717) is 0 Å². The predicted octanol–water partition coefficient (Wildman–Crippen LogP) is 2.21. The molecule has 0 saturated heterocycles. The van der Waals surface area contributed by atoms with E-state index in [2.05, 4.69) is 32.6 Å². The summed E-state index contributed by atoms with van der Waals surface area (Å²) >= 11 is 0. The van der Waals surface area contributed by atoms with Crippen LogP contribution in [0.5, 0.6) is 5.75 Å². The molecule has 1 aromatic carbocycles. The summed E-state index contributed by atoms with van der Waals surface area (Å²) in [7, 11) is 1.69. The van der Waals surface area contributed by atoms with Crippen LogP contribution in [0.4, 0.5) is 0 Å². The lowest BCUT2D eigenvalue weighted by atomic mass is 9.99. The molecule has 0 fully saturated rings. The zero-order chi connectivity index (χ0) is 13.5. The maximum atomic E-state index is 5.40. The van der Waals surface area contributed by atoms with Gasteiger partial charge in [-0.2, -0.15) is 5.10 Å². The van der Waals surface area contributed by atoms with E-state index in [0.717, 1.165) is 47.4 Å². The first-order valence-corrected chi connectivity index (χ1v) is 6.80. The van der Waals surface area contributed by atoms with E-state index in [9.17, 15) is 0 Å². The molecule has 5 heteroatoms. The molecule has 0 amide bonds. The molecule has 0 saturated carbocycles. The number of methoxy groups -OCH3 is 1. The number of nitrogens with one attached hydrogen (secondary N) is 3. The number of H-pyrrole nitrogens is 2. The molecule has 20 heavy (non-hydrogen) atoms. The Hall–Kier alpha value is -2.27. The van der Waals surface area contributed by atoms with Gasteiger partial charge in [-0.25, -0.2) is 0 Å². The van der Waals surface area contributed by atoms with E-state index < -0.39 is 0 Å². The highest BCUT2D eigenvalue weighted by Gasteiger charge is 2.20. The van der Waals surface area contributed by atoms with Crippen LogP contribution in [-0.2, 0) is 13.0 Å². The SMILES string of the molecule is COc1ccc(-c2n[nH]c3c2CNCC3)c2cc[nH]c12. The molecule has 5 nitrogen and oxygen atoms in total. The minimum absolute atomic E-state index is 0.858. The highest BCUT2D eigenvalue weighted by Crippen LogP contribution is 2.35. The van der Waals surface area contributed by atoms with Gasteiger partial charge in [0, 0.05) is 47.9 Å². The van der Waals surface area contributed by atoms with Gasteiger partial charge in [-0.15, -0.1) is 0 Å². The minimum Gasteiger partial charge on any atom is -0.495 e. The summed E-state index contributed by atoms with van der Waals surface area (Å²) in [6.07, 6.45) is 2.95. The van der Waals surface area contributed by atoms with Crippen molar-refractivity contribution in [3.8, 4) is 17.0 Å². The van der Waals surface area contributed by atoms with Crippen LogP contribution in [0, 0.1) is 0 Å². The van der Waals surface area contributed by atoms with Crippen molar-refractivity contribution in [3.05, 3.63) is 35.7 Å². The van der Waals surface area contributed by atoms with Crippen LogP contribution < -0.4 is 10.1 Å². The van der Waals surface area contributed by atoms with Crippen molar-refractivity contribution >= 4 is 10.9 Å². The summed E-state index contributed by atoms with van der Waals surface area (Å²) in [6, 6.07) is 6.15. The Morgan fingerprint density at radius 3 is 3.10 bits per heavy atom. The van der Waals surface area contributed by atoms with Crippen molar-refractivity contribution < 1.29 is 4.74 Å². The molecular weight excluding hydrogens is 252 g/mol. The van der Waals surface area contributed by atoms with E-state index in [1.165, 1.54) is 11.3 Å². The smallest absolute Gasteiger partial charge is 0.142 e. The predicted molar refractivity (Wildman–Crippen MR) is 77.8 cm³/mol. The van der Waals surface area contributed by atoms with Crippen LogP contribution >= 0.6 is 0 Å². The maximum Gasteiger partial charge on any atom is 0.142 e. The fourth-order valence-corrected chi connectivity index (χ4v) is 2.95. The van der Waals surface area contributed by atoms with Crippen molar-refractivity contribution in [2.75, 3.05) is 13.7 Å². The third-order valence-corrected chi connectivity index (χ3v) is 3.97.